The Morgan fingerprint density at radius 3 is 3.10 bits per heavy atom. The number of aromatic nitrogens is 1. The van der Waals surface area contributed by atoms with Gasteiger partial charge in [0.2, 0.25) is 0 Å². The van der Waals surface area contributed by atoms with Gasteiger partial charge in [0.15, 0.2) is 15.0 Å². The molecule has 0 spiro atoms. The molecule has 1 unspecified atom stereocenters. The van der Waals surface area contributed by atoms with E-state index in [4.69, 9.17) is 4.74 Å². The Labute approximate surface area is 122 Å². The highest BCUT2D eigenvalue weighted by Gasteiger charge is 2.25. The Kier molecular flexibility index (Phi) is 4.98. The first-order valence-electron chi connectivity index (χ1n) is 6.55. The van der Waals surface area contributed by atoms with Gasteiger partial charge in [0.1, 0.15) is 0 Å². The normalized spacial score (nSPS) is 21.4. The third-order valence-electron chi connectivity index (χ3n) is 2.97. The Morgan fingerprint density at radius 1 is 1.60 bits per heavy atom. The molecule has 8 heteroatoms. The lowest BCUT2D eigenvalue weighted by Gasteiger charge is -2.22. The maximum atomic E-state index is 11.6. The first kappa shape index (κ1) is 15.2. The van der Waals surface area contributed by atoms with Gasteiger partial charge in [0, 0.05) is 11.4 Å². The first-order valence-corrected chi connectivity index (χ1v) is 9.25. The molecule has 1 atom stereocenters. The molecule has 0 radical (unpaired) electrons. The molecule has 20 heavy (non-hydrogen) atoms. The van der Waals surface area contributed by atoms with Crippen LogP contribution in [0.2, 0.25) is 0 Å². The fourth-order valence-corrected chi connectivity index (χ4v) is 4.55. The Balaban J connectivity index is 1.91. The van der Waals surface area contributed by atoms with Crippen LogP contribution in [0, 0.1) is 0 Å². The summed E-state index contributed by atoms with van der Waals surface area (Å²) in [6, 6.07) is -0.0876. The lowest BCUT2D eigenvalue weighted by Crippen LogP contribution is -2.34. The second-order valence-electron chi connectivity index (χ2n) is 4.72. The minimum Gasteiger partial charge on any atom is -0.466 e. The average Bonchev–Trinajstić information content (AvgIpc) is 2.75. The molecule has 1 N–H and O–H groups in total. The van der Waals surface area contributed by atoms with Gasteiger partial charge in [-0.15, -0.1) is 11.3 Å². The highest BCUT2D eigenvalue weighted by atomic mass is 32.2. The van der Waals surface area contributed by atoms with Gasteiger partial charge in [0.05, 0.1) is 30.2 Å². The molecule has 1 aromatic heterocycles. The summed E-state index contributed by atoms with van der Waals surface area (Å²) in [7, 11) is -2.93. The number of rotatable bonds is 5. The number of nitrogens with one attached hydrogen (secondary N) is 1. The summed E-state index contributed by atoms with van der Waals surface area (Å²) < 4.78 is 28.0. The third kappa shape index (κ3) is 4.45. The van der Waals surface area contributed by atoms with Crippen molar-refractivity contribution >= 4 is 32.3 Å². The van der Waals surface area contributed by atoms with Crippen LogP contribution in [-0.2, 0) is 25.8 Å². The zero-order chi connectivity index (χ0) is 14.6. The van der Waals surface area contributed by atoms with Crippen LogP contribution in [0.5, 0.6) is 0 Å². The zero-order valence-corrected chi connectivity index (χ0v) is 12.9. The second-order valence-corrected chi connectivity index (χ2v) is 7.81. The van der Waals surface area contributed by atoms with E-state index < -0.39 is 9.84 Å². The molecule has 0 saturated carbocycles. The van der Waals surface area contributed by atoms with E-state index in [1.54, 1.807) is 12.3 Å². The summed E-state index contributed by atoms with van der Waals surface area (Å²) in [6.07, 6.45) is 1.65. The largest absolute Gasteiger partial charge is 0.466 e. The predicted octanol–water partition coefficient (Wildman–Crippen LogP) is 1.24. The van der Waals surface area contributed by atoms with Crippen LogP contribution in [0.15, 0.2) is 5.38 Å². The topological polar surface area (TPSA) is 85.4 Å². The zero-order valence-electron chi connectivity index (χ0n) is 11.3. The number of sulfone groups is 1. The number of carbonyl (C=O) groups excluding carboxylic acids is 1. The Bertz CT molecular complexity index is 568. The number of ether oxygens (including phenoxy) is 1. The smallest absolute Gasteiger partial charge is 0.311 e. The van der Waals surface area contributed by atoms with Crippen molar-refractivity contribution in [1.29, 1.82) is 0 Å². The van der Waals surface area contributed by atoms with Gasteiger partial charge in [-0.3, -0.25) is 4.79 Å². The molecular formula is C12H18N2O4S2. The van der Waals surface area contributed by atoms with Crippen molar-refractivity contribution in [2.75, 3.05) is 23.4 Å². The number of anilines is 1. The molecule has 1 aliphatic rings. The molecule has 1 saturated heterocycles. The number of thiazole rings is 1. The number of esters is 1. The van der Waals surface area contributed by atoms with Crippen molar-refractivity contribution in [2.45, 2.75) is 32.2 Å². The monoisotopic (exact) mass is 318 g/mol. The SMILES string of the molecule is CCOC(=O)Cc1csc(NC2CCCS(=O)(=O)C2)n1. The molecule has 2 rings (SSSR count). The molecule has 1 aromatic rings. The standard InChI is InChI=1S/C12H18N2O4S2/c1-2-18-11(15)6-10-7-19-12(14-10)13-9-4-3-5-20(16,17)8-9/h7,9H,2-6,8H2,1H3,(H,13,14). The van der Waals surface area contributed by atoms with Crippen LogP contribution in [0.4, 0.5) is 5.13 Å². The van der Waals surface area contributed by atoms with Crippen LogP contribution in [0.25, 0.3) is 0 Å². The molecule has 1 aliphatic heterocycles. The van der Waals surface area contributed by atoms with E-state index >= 15 is 0 Å². The molecule has 0 amide bonds. The van der Waals surface area contributed by atoms with Gasteiger partial charge in [-0.25, -0.2) is 13.4 Å². The Hall–Kier alpha value is -1.15. The average molecular weight is 318 g/mol. The lowest BCUT2D eigenvalue weighted by molar-refractivity contribution is -0.142. The number of carbonyl (C=O) groups is 1. The first-order chi connectivity index (χ1) is 9.48. The van der Waals surface area contributed by atoms with Crippen LogP contribution >= 0.6 is 11.3 Å². The van der Waals surface area contributed by atoms with E-state index in [-0.39, 0.29) is 29.9 Å². The fourth-order valence-electron chi connectivity index (χ4n) is 2.13. The third-order valence-corrected chi connectivity index (χ3v) is 5.62. The quantitative estimate of drug-likeness (QED) is 0.822. The molecule has 2 heterocycles. The van der Waals surface area contributed by atoms with Crippen LogP contribution in [-0.4, -0.2) is 43.5 Å². The summed E-state index contributed by atoms with van der Waals surface area (Å²) in [5.74, 6) is 0.126. The van der Waals surface area contributed by atoms with Crippen LogP contribution in [0.3, 0.4) is 0 Å². The lowest BCUT2D eigenvalue weighted by atomic mass is 10.2. The van der Waals surface area contributed by atoms with Gasteiger partial charge < -0.3 is 10.1 Å². The van der Waals surface area contributed by atoms with Crippen molar-refractivity contribution < 1.29 is 17.9 Å². The minimum atomic E-state index is -2.93. The van der Waals surface area contributed by atoms with Gasteiger partial charge in [-0.1, -0.05) is 0 Å². The second kappa shape index (κ2) is 6.53. The molecule has 0 aliphatic carbocycles. The van der Waals surface area contributed by atoms with Crippen molar-refractivity contribution in [3.05, 3.63) is 11.1 Å². The molecule has 0 aromatic carbocycles. The number of hydrogen-bond donors (Lipinski definition) is 1. The van der Waals surface area contributed by atoms with Crippen molar-refractivity contribution in [3.63, 3.8) is 0 Å². The molecule has 6 nitrogen and oxygen atoms in total. The van der Waals surface area contributed by atoms with Crippen molar-refractivity contribution in [3.8, 4) is 0 Å². The number of hydrogen-bond acceptors (Lipinski definition) is 7. The van der Waals surface area contributed by atoms with E-state index in [9.17, 15) is 13.2 Å². The fraction of sp³-hybridized carbons (Fsp3) is 0.667. The predicted molar refractivity (Wildman–Crippen MR) is 77.7 cm³/mol. The highest BCUT2D eigenvalue weighted by Crippen LogP contribution is 2.21. The molecule has 0 bridgehead atoms. The van der Waals surface area contributed by atoms with Gasteiger partial charge in [-0.05, 0) is 19.8 Å². The molecule has 112 valence electrons. The highest BCUT2D eigenvalue weighted by molar-refractivity contribution is 7.91. The molecular weight excluding hydrogens is 300 g/mol. The van der Waals surface area contributed by atoms with Crippen molar-refractivity contribution in [2.24, 2.45) is 0 Å². The van der Waals surface area contributed by atoms with E-state index in [0.29, 0.717) is 23.9 Å². The van der Waals surface area contributed by atoms with E-state index in [0.717, 1.165) is 6.42 Å². The van der Waals surface area contributed by atoms with Crippen molar-refractivity contribution in [1.82, 2.24) is 4.98 Å². The van der Waals surface area contributed by atoms with Crippen LogP contribution < -0.4 is 5.32 Å². The number of nitrogens with zero attached hydrogens (tertiary/aromatic N) is 1. The van der Waals surface area contributed by atoms with E-state index in [2.05, 4.69) is 10.3 Å². The van der Waals surface area contributed by atoms with E-state index in [1.807, 2.05) is 0 Å². The van der Waals surface area contributed by atoms with Crippen LogP contribution in [0.1, 0.15) is 25.5 Å². The maximum absolute atomic E-state index is 11.6. The minimum absolute atomic E-state index is 0.0876. The van der Waals surface area contributed by atoms with Gasteiger partial charge in [0.25, 0.3) is 0 Å². The van der Waals surface area contributed by atoms with E-state index in [1.165, 1.54) is 11.3 Å². The summed E-state index contributed by atoms with van der Waals surface area (Å²) in [6.45, 7) is 2.11. The summed E-state index contributed by atoms with van der Waals surface area (Å²) in [5.41, 5.74) is 0.648. The summed E-state index contributed by atoms with van der Waals surface area (Å²) in [5, 5.41) is 5.59. The maximum Gasteiger partial charge on any atom is 0.311 e. The Morgan fingerprint density at radius 2 is 2.40 bits per heavy atom. The van der Waals surface area contributed by atoms with Gasteiger partial charge >= 0.3 is 5.97 Å². The van der Waals surface area contributed by atoms with Gasteiger partial charge in [-0.2, -0.15) is 0 Å². The summed E-state index contributed by atoms with van der Waals surface area (Å²) >= 11 is 1.38. The molecule has 1 fully saturated rings. The summed E-state index contributed by atoms with van der Waals surface area (Å²) in [4.78, 5) is 15.6.